The predicted octanol–water partition coefficient (Wildman–Crippen LogP) is 1.54. The molecule has 1 atom stereocenters. The molecule has 7 nitrogen and oxygen atoms in total. The van der Waals surface area contributed by atoms with E-state index in [9.17, 15) is 18.0 Å². The number of hydrogen-bond acceptors (Lipinski definition) is 5. The van der Waals surface area contributed by atoms with Crippen LogP contribution in [-0.2, 0) is 19.6 Å². The van der Waals surface area contributed by atoms with Gasteiger partial charge in [0.1, 0.15) is 0 Å². The van der Waals surface area contributed by atoms with E-state index in [0.717, 1.165) is 25.7 Å². The van der Waals surface area contributed by atoms with E-state index in [1.54, 1.807) is 11.8 Å². The van der Waals surface area contributed by atoms with Crippen LogP contribution in [-0.4, -0.2) is 51.4 Å². The van der Waals surface area contributed by atoms with Gasteiger partial charge in [0.05, 0.1) is 10.5 Å². The fraction of sp³-hybridized carbons (Fsp3) is 0.529. The normalized spacial score (nSPS) is 16.8. The molecule has 8 heteroatoms. The number of benzene rings is 1. The Bertz CT molecular complexity index is 724. The van der Waals surface area contributed by atoms with Crippen molar-refractivity contribution >= 4 is 21.9 Å². The quantitative estimate of drug-likeness (QED) is 0.796. The summed E-state index contributed by atoms with van der Waals surface area (Å²) in [5, 5.41) is 0. The zero-order chi connectivity index (χ0) is 18.4. The van der Waals surface area contributed by atoms with Gasteiger partial charge in [0.25, 0.3) is 5.91 Å². The van der Waals surface area contributed by atoms with Gasteiger partial charge in [0.2, 0.25) is 10.0 Å². The van der Waals surface area contributed by atoms with Gasteiger partial charge in [0, 0.05) is 13.1 Å². The minimum Gasteiger partial charge on any atom is -0.449 e. The molecule has 1 fully saturated rings. The molecule has 2 rings (SSSR count). The van der Waals surface area contributed by atoms with Gasteiger partial charge >= 0.3 is 5.97 Å². The lowest BCUT2D eigenvalue weighted by Gasteiger charge is -2.24. The van der Waals surface area contributed by atoms with Crippen LogP contribution in [0.15, 0.2) is 29.2 Å². The smallest absolute Gasteiger partial charge is 0.338 e. The zero-order valence-corrected chi connectivity index (χ0v) is 15.3. The first kappa shape index (κ1) is 19.4. The monoisotopic (exact) mass is 368 g/mol. The van der Waals surface area contributed by atoms with E-state index in [1.165, 1.54) is 31.3 Å². The first-order valence-electron chi connectivity index (χ1n) is 8.38. The van der Waals surface area contributed by atoms with Gasteiger partial charge in [-0.3, -0.25) is 4.79 Å². The van der Waals surface area contributed by atoms with Crippen molar-refractivity contribution in [1.82, 2.24) is 9.62 Å². The van der Waals surface area contributed by atoms with Gasteiger partial charge in [-0.2, -0.15) is 0 Å². The van der Waals surface area contributed by atoms with Crippen molar-refractivity contribution in [2.24, 2.45) is 0 Å². The highest BCUT2D eigenvalue weighted by atomic mass is 32.2. The van der Waals surface area contributed by atoms with E-state index in [1.807, 2.05) is 0 Å². The number of carbonyl (C=O) groups excluding carboxylic acids is 2. The Kier molecular flexibility index (Phi) is 6.55. The van der Waals surface area contributed by atoms with E-state index in [2.05, 4.69) is 4.72 Å². The van der Waals surface area contributed by atoms with Crippen LogP contribution in [0.5, 0.6) is 0 Å². The van der Waals surface area contributed by atoms with E-state index >= 15 is 0 Å². The van der Waals surface area contributed by atoms with Crippen molar-refractivity contribution in [3.05, 3.63) is 29.8 Å². The minimum atomic E-state index is -3.65. The Morgan fingerprint density at radius 2 is 1.80 bits per heavy atom. The molecule has 25 heavy (non-hydrogen) atoms. The van der Waals surface area contributed by atoms with Crippen LogP contribution in [0.3, 0.4) is 0 Å². The number of nitrogens with zero attached hydrogens (tertiary/aromatic N) is 1. The lowest BCUT2D eigenvalue weighted by molar-refractivity contribution is -0.139. The van der Waals surface area contributed by atoms with E-state index in [4.69, 9.17) is 4.74 Å². The molecule has 1 aliphatic rings. The van der Waals surface area contributed by atoms with Crippen LogP contribution < -0.4 is 4.72 Å². The number of esters is 1. The molecule has 1 aromatic carbocycles. The molecule has 1 aromatic rings. The number of nitrogens with one attached hydrogen (secondary N) is 1. The Morgan fingerprint density at radius 3 is 2.40 bits per heavy atom. The third kappa shape index (κ3) is 5.02. The number of hydrogen-bond donors (Lipinski definition) is 1. The molecule has 1 unspecified atom stereocenters. The van der Waals surface area contributed by atoms with Crippen LogP contribution in [0.4, 0.5) is 0 Å². The van der Waals surface area contributed by atoms with Gasteiger partial charge < -0.3 is 9.64 Å². The summed E-state index contributed by atoms with van der Waals surface area (Å²) in [7, 11) is -2.36. The lowest BCUT2D eigenvalue weighted by atomic mass is 10.2. The SMILES string of the molecule is CNS(=O)(=O)c1cccc(C(=O)OC(C)C(=O)N2CCCCCC2)c1. The molecular formula is C17H24N2O5S. The fourth-order valence-electron chi connectivity index (χ4n) is 2.74. The van der Waals surface area contributed by atoms with Crippen LogP contribution in [0.1, 0.15) is 43.0 Å². The molecule has 0 radical (unpaired) electrons. The maximum atomic E-state index is 12.4. The van der Waals surface area contributed by atoms with Gasteiger partial charge in [-0.25, -0.2) is 17.9 Å². The third-order valence-corrected chi connectivity index (χ3v) is 5.61. The van der Waals surface area contributed by atoms with Crippen LogP contribution in [0.2, 0.25) is 0 Å². The molecule has 1 N–H and O–H groups in total. The number of amides is 1. The number of ether oxygens (including phenoxy) is 1. The van der Waals surface area contributed by atoms with Crippen LogP contribution >= 0.6 is 0 Å². The molecule has 1 heterocycles. The summed E-state index contributed by atoms with van der Waals surface area (Å²) in [5.74, 6) is -0.932. The Labute approximate surface area is 148 Å². The molecule has 0 bridgehead atoms. The summed E-state index contributed by atoms with van der Waals surface area (Å²) < 4.78 is 31.1. The summed E-state index contributed by atoms with van der Waals surface area (Å²) in [6, 6.07) is 5.54. The van der Waals surface area contributed by atoms with E-state index in [0.29, 0.717) is 13.1 Å². The maximum absolute atomic E-state index is 12.4. The van der Waals surface area contributed by atoms with Gasteiger partial charge in [0.15, 0.2) is 6.10 Å². The Balaban J connectivity index is 2.06. The minimum absolute atomic E-state index is 0.0315. The van der Waals surface area contributed by atoms with E-state index < -0.39 is 22.1 Å². The predicted molar refractivity (Wildman–Crippen MR) is 92.6 cm³/mol. The van der Waals surface area contributed by atoms with Gasteiger partial charge in [-0.15, -0.1) is 0 Å². The lowest BCUT2D eigenvalue weighted by Crippen LogP contribution is -2.40. The molecular weight excluding hydrogens is 344 g/mol. The second-order valence-corrected chi connectivity index (χ2v) is 7.91. The highest BCUT2D eigenvalue weighted by molar-refractivity contribution is 7.89. The van der Waals surface area contributed by atoms with Crippen molar-refractivity contribution in [3.63, 3.8) is 0 Å². The Hall–Kier alpha value is -1.93. The average Bonchev–Trinajstić information content (AvgIpc) is 2.90. The second-order valence-electron chi connectivity index (χ2n) is 6.02. The third-order valence-electron chi connectivity index (χ3n) is 4.20. The summed E-state index contributed by atoms with van der Waals surface area (Å²) >= 11 is 0. The highest BCUT2D eigenvalue weighted by Gasteiger charge is 2.25. The molecule has 0 aliphatic carbocycles. The van der Waals surface area contributed by atoms with Crippen molar-refractivity contribution < 1.29 is 22.7 Å². The number of sulfonamides is 1. The molecule has 138 valence electrons. The van der Waals surface area contributed by atoms with Crippen LogP contribution in [0.25, 0.3) is 0 Å². The topological polar surface area (TPSA) is 92.8 Å². The van der Waals surface area contributed by atoms with Crippen molar-refractivity contribution in [1.29, 1.82) is 0 Å². The first-order chi connectivity index (χ1) is 11.8. The largest absolute Gasteiger partial charge is 0.449 e. The molecule has 0 spiro atoms. The molecule has 1 amide bonds. The zero-order valence-electron chi connectivity index (χ0n) is 14.5. The van der Waals surface area contributed by atoms with Gasteiger partial charge in [-0.05, 0) is 45.0 Å². The highest BCUT2D eigenvalue weighted by Crippen LogP contribution is 2.15. The fourth-order valence-corrected chi connectivity index (χ4v) is 3.51. The first-order valence-corrected chi connectivity index (χ1v) is 9.87. The van der Waals surface area contributed by atoms with Gasteiger partial charge in [-0.1, -0.05) is 18.9 Å². The molecule has 1 aliphatic heterocycles. The van der Waals surface area contributed by atoms with Crippen LogP contribution in [0, 0.1) is 0 Å². The maximum Gasteiger partial charge on any atom is 0.338 e. The number of rotatable bonds is 5. The van der Waals surface area contributed by atoms with Crippen molar-refractivity contribution in [2.45, 2.75) is 43.6 Å². The second kappa shape index (κ2) is 8.44. The Morgan fingerprint density at radius 1 is 1.16 bits per heavy atom. The number of carbonyl (C=O) groups is 2. The van der Waals surface area contributed by atoms with E-state index in [-0.39, 0.29) is 16.4 Å². The summed E-state index contributed by atoms with van der Waals surface area (Å²) in [4.78, 5) is 26.4. The molecule has 0 saturated carbocycles. The summed E-state index contributed by atoms with van der Waals surface area (Å²) in [5.41, 5.74) is 0.0897. The summed E-state index contributed by atoms with van der Waals surface area (Å²) in [6.07, 6.45) is 3.21. The molecule has 0 aromatic heterocycles. The standard InChI is InChI=1S/C17H24N2O5S/c1-13(16(20)19-10-5-3-4-6-11-19)24-17(21)14-8-7-9-15(12-14)25(22,23)18-2/h7-9,12-13,18H,3-6,10-11H2,1-2H3. The summed E-state index contributed by atoms with van der Waals surface area (Å²) in [6.45, 7) is 2.90. The van der Waals surface area contributed by atoms with Crippen molar-refractivity contribution in [2.75, 3.05) is 20.1 Å². The molecule has 1 saturated heterocycles. The number of likely N-dealkylation sites (tertiary alicyclic amines) is 1. The van der Waals surface area contributed by atoms with Crippen molar-refractivity contribution in [3.8, 4) is 0 Å². The average molecular weight is 368 g/mol.